The highest BCUT2D eigenvalue weighted by molar-refractivity contribution is 7.15. The van der Waals surface area contributed by atoms with E-state index in [2.05, 4.69) is 10.3 Å². The number of hydrogen-bond acceptors (Lipinski definition) is 4. The number of carbonyl (C=O) groups is 2. The molecule has 0 saturated heterocycles. The van der Waals surface area contributed by atoms with Crippen LogP contribution < -0.4 is 5.32 Å². The molecule has 0 aliphatic carbocycles. The van der Waals surface area contributed by atoms with Crippen LogP contribution >= 0.6 is 22.9 Å². The van der Waals surface area contributed by atoms with E-state index in [1.807, 2.05) is 22.2 Å². The van der Waals surface area contributed by atoms with E-state index in [0.29, 0.717) is 16.4 Å². The fourth-order valence-corrected chi connectivity index (χ4v) is 3.11. The smallest absolute Gasteiger partial charge is 0.244 e. The molecule has 1 N–H and O–H groups in total. The van der Waals surface area contributed by atoms with Gasteiger partial charge in [-0.05, 0) is 12.1 Å². The number of likely N-dealkylation sites (N-methyl/N-ethyl adjacent to an activating group) is 1. The van der Waals surface area contributed by atoms with Crippen LogP contribution in [0.2, 0.25) is 5.02 Å². The summed E-state index contributed by atoms with van der Waals surface area (Å²) in [5.74, 6) is -0.472. The number of aromatic nitrogens is 2. The monoisotopic (exact) mass is 362 g/mol. The zero-order valence-electron chi connectivity index (χ0n) is 12.9. The van der Waals surface area contributed by atoms with Gasteiger partial charge in [0.05, 0.1) is 29.4 Å². The lowest BCUT2D eigenvalue weighted by molar-refractivity contribution is -0.132. The molecule has 3 aromatic rings. The number of fused-ring (bicyclic) bond motifs is 1. The van der Waals surface area contributed by atoms with Crippen molar-refractivity contribution >= 4 is 45.4 Å². The quantitative estimate of drug-likeness (QED) is 0.758. The number of rotatable bonds is 5. The van der Waals surface area contributed by atoms with Crippen LogP contribution in [0.5, 0.6) is 0 Å². The van der Waals surface area contributed by atoms with Crippen molar-refractivity contribution in [3.05, 3.63) is 52.8 Å². The van der Waals surface area contributed by atoms with E-state index in [4.69, 9.17) is 11.6 Å². The Bertz CT molecular complexity index is 860. The predicted molar refractivity (Wildman–Crippen MR) is 94.5 cm³/mol. The van der Waals surface area contributed by atoms with Gasteiger partial charge in [-0.3, -0.25) is 14.0 Å². The van der Waals surface area contributed by atoms with Gasteiger partial charge in [0.25, 0.3) is 0 Å². The van der Waals surface area contributed by atoms with Crippen LogP contribution in [0.15, 0.2) is 42.0 Å². The standard InChI is InChI=1S/C16H15ClN4O2S/c1-20(10-14(22)19-13-5-3-2-4-12(13)17)15(23)8-11-9-21-6-7-24-16(21)18-11/h2-7,9H,8,10H2,1H3,(H,19,22). The molecule has 124 valence electrons. The Morgan fingerprint density at radius 2 is 2.17 bits per heavy atom. The second-order valence-corrected chi connectivity index (χ2v) is 6.56. The van der Waals surface area contributed by atoms with Crippen molar-refractivity contribution in [1.29, 1.82) is 0 Å². The highest BCUT2D eigenvalue weighted by Crippen LogP contribution is 2.20. The van der Waals surface area contributed by atoms with Crippen LogP contribution in [0.25, 0.3) is 4.96 Å². The van der Waals surface area contributed by atoms with Gasteiger partial charge < -0.3 is 10.2 Å². The van der Waals surface area contributed by atoms with E-state index in [0.717, 1.165) is 4.96 Å². The average Bonchev–Trinajstić information content (AvgIpc) is 3.10. The van der Waals surface area contributed by atoms with Gasteiger partial charge in [-0.1, -0.05) is 23.7 Å². The predicted octanol–water partition coefficient (Wildman–Crippen LogP) is 2.69. The van der Waals surface area contributed by atoms with Gasteiger partial charge in [0.15, 0.2) is 4.96 Å². The molecule has 8 heteroatoms. The molecule has 0 bridgehead atoms. The Labute approximate surface area is 147 Å². The van der Waals surface area contributed by atoms with Crippen LogP contribution in [0.4, 0.5) is 5.69 Å². The molecule has 3 rings (SSSR count). The Balaban J connectivity index is 1.56. The Hall–Kier alpha value is -2.38. The average molecular weight is 363 g/mol. The third-order valence-corrected chi connectivity index (χ3v) is 4.53. The van der Waals surface area contributed by atoms with Crippen LogP contribution in [0, 0.1) is 0 Å². The van der Waals surface area contributed by atoms with Gasteiger partial charge in [0, 0.05) is 24.8 Å². The number of benzene rings is 1. The Morgan fingerprint density at radius 1 is 1.38 bits per heavy atom. The van der Waals surface area contributed by atoms with Gasteiger partial charge in [-0.15, -0.1) is 11.3 Å². The first-order chi connectivity index (χ1) is 11.5. The summed E-state index contributed by atoms with van der Waals surface area (Å²) in [7, 11) is 1.59. The Kier molecular flexibility index (Phi) is 4.82. The second-order valence-electron chi connectivity index (χ2n) is 5.28. The fourth-order valence-electron chi connectivity index (χ4n) is 2.21. The third-order valence-electron chi connectivity index (χ3n) is 3.43. The first-order valence-electron chi connectivity index (χ1n) is 7.22. The van der Waals surface area contributed by atoms with Gasteiger partial charge in [0.1, 0.15) is 0 Å². The van der Waals surface area contributed by atoms with Crippen molar-refractivity contribution in [2.45, 2.75) is 6.42 Å². The molecule has 0 saturated carbocycles. The number of para-hydroxylation sites is 1. The molecule has 0 fully saturated rings. The maximum Gasteiger partial charge on any atom is 0.244 e. The first-order valence-corrected chi connectivity index (χ1v) is 8.48. The largest absolute Gasteiger partial charge is 0.336 e. The molecule has 0 spiro atoms. The highest BCUT2D eigenvalue weighted by Gasteiger charge is 2.16. The summed E-state index contributed by atoms with van der Waals surface area (Å²) in [6.07, 6.45) is 3.87. The van der Waals surface area contributed by atoms with Gasteiger partial charge in [0.2, 0.25) is 11.8 Å². The molecule has 2 amide bonds. The number of amides is 2. The van der Waals surface area contributed by atoms with Crippen LogP contribution in [0.3, 0.4) is 0 Å². The third kappa shape index (κ3) is 3.74. The minimum atomic E-state index is -0.301. The number of nitrogens with one attached hydrogen (secondary N) is 1. The molecule has 0 aliphatic rings. The number of carbonyl (C=O) groups excluding carboxylic acids is 2. The normalized spacial score (nSPS) is 10.8. The molecule has 0 radical (unpaired) electrons. The Morgan fingerprint density at radius 3 is 2.92 bits per heavy atom. The molecule has 1 aromatic carbocycles. The van der Waals surface area contributed by atoms with Crippen molar-refractivity contribution in [3.63, 3.8) is 0 Å². The van der Waals surface area contributed by atoms with E-state index < -0.39 is 0 Å². The maximum atomic E-state index is 12.2. The molecule has 2 aromatic heterocycles. The molecule has 0 atom stereocenters. The summed E-state index contributed by atoms with van der Waals surface area (Å²) in [5, 5.41) is 5.08. The lowest BCUT2D eigenvalue weighted by atomic mass is 10.3. The number of halogens is 1. The minimum Gasteiger partial charge on any atom is -0.336 e. The van der Waals surface area contributed by atoms with Crippen molar-refractivity contribution in [2.75, 3.05) is 18.9 Å². The van der Waals surface area contributed by atoms with E-state index in [1.54, 1.807) is 31.3 Å². The number of anilines is 1. The molecule has 0 aliphatic heterocycles. The zero-order chi connectivity index (χ0) is 17.1. The van der Waals surface area contributed by atoms with E-state index in [1.165, 1.54) is 16.2 Å². The molecule has 0 unspecified atom stereocenters. The fraction of sp³-hybridized carbons (Fsp3) is 0.188. The van der Waals surface area contributed by atoms with Crippen molar-refractivity contribution in [1.82, 2.24) is 14.3 Å². The summed E-state index contributed by atoms with van der Waals surface area (Å²) in [4.78, 5) is 30.9. The molecular weight excluding hydrogens is 348 g/mol. The summed E-state index contributed by atoms with van der Waals surface area (Å²) >= 11 is 7.50. The van der Waals surface area contributed by atoms with Gasteiger partial charge in [-0.2, -0.15) is 0 Å². The number of thiazole rings is 1. The van der Waals surface area contributed by atoms with Crippen LogP contribution in [-0.2, 0) is 16.0 Å². The molecular formula is C16H15ClN4O2S. The lowest BCUT2D eigenvalue weighted by Gasteiger charge is -2.16. The highest BCUT2D eigenvalue weighted by atomic mass is 35.5. The van der Waals surface area contributed by atoms with Gasteiger partial charge in [-0.25, -0.2) is 4.98 Å². The van der Waals surface area contributed by atoms with E-state index in [9.17, 15) is 9.59 Å². The molecule has 2 heterocycles. The topological polar surface area (TPSA) is 66.7 Å². The van der Waals surface area contributed by atoms with Crippen LogP contribution in [0.1, 0.15) is 5.69 Å². The summed E-state index contributed by atoms with van der Waals surface area (Å²) in [6.45, 7) is -0.0493. The molecule has 24 heavy (non-hydrogen) atoms. The van der Waals surface area contributed by atoms with Crippen molar-refractivity contribution in [2.24, 2.45) is 0 Å². The number of hydrogen-bond donors (Lipinski definition) is 1. The minimum absolute atomic E-state index is 0.0493. The van der Waals surface area contributed by atoms with E-state index >= 15 is 0 Å². The summed E-state index contributed by atoms with van der Waals surface area (Å²) in [6, 6.07) is 6.96. The SMILES string of the molecule is CN(CC(=O)Nc1ccccc1Cl)C(=O)Cc1cn2ccsc2n1. The van der Waals surface area contributed by atoms with Crippen molar-refractivity contribution < 1.29 is 9.59 Å². The summed E-state index contributed by atoms with van der Waals surface area (Å²) in [5.41, 5.74) is 1.21. The van der Waals surface area contributed by atoms with Gasteiger partial charge >= 0.3 is 0 Å². The molecule has 6 nitrogen and oxygen atoms in total. The second kappa shape index (κ2) is 7.02. The summed E-state index contributed by atoms with van der Waals surface area (Å²) < 4.78 is 1.87. The number of imidazole rings is 1. The number of nitrogens with zero attached hydrogens (tertiary/aromatic N) is 3. The zero-order valence-corrected chi connectivity index (χ0v) is 14.5. The lowest BCUT2D eigenvalue weighted by Crippen LogP contribution is -2.35. The van der Waals surface area contributed by atoms with Crippen molar-refractivity contribution in [3.8, 4) is 0 Å². The first kappa shape index (κ1) is 16.5. The van der Waals surface area contributed by atoms with E-state index in [-0.39, 0.29) is 24.8 Å². The maximum absolute atomic E-state index is 12.2. The van der Waals surface area contributed by atoms with Crippen LogP contribution in [-0.4, -0.2) is 39.7 Å².